The van der Waals surface area contributed by atoms with Gasteiger partial charge in [-0.3, -0.25) is 9.78 Å². The molecule has 15 heteroatoms. The van der Waals surface area contributed by atoms with Gasteiger partial charge < -0.3 is 14.2 Å². The number of sulfonamides is 1. The van der Waals surface area contributed by atoms with Crippen LogP contribution in [0.3, 0.4) is 0 Å². The van der Waals surface area contributed by atoms with E-state index < -0.39 is 59.9 Å². The zero-order valence-electron chi connectivity index (χ0n) is 22.6. The maximum absolute atomic E-state index is 13.3. The Balaban J connectivity index is 1.88. The Morgan fingerprint density at radius 2 is 1.66 bits per heavy atom. The Morgan fingerprint density at radius 1 is 1.00 bits per heavy atom. The predicted molar refractivity (Wildman–Crippen MR) is 145 cm³/mol. The van der Waals surface area contributed by atoms with Gasteiger partial charge in [-0.05, 0) is 51.8 Å². The number of benzene rings is 2. The topological polar surface area (TPSA) is 141 Å². The SMILES string of the molecule is C[C@@H](NS(=O)(=O)c1ccc2cncc(OS(=O)(=O)C(F)(F)F)c2c1)C(NCCc1ccccc1)C(=O)OC(C)(C)C. The van der Waals surface area contributed by atoms with E-state index in [1.165, 1.54) is 19.2 Å². The Labute approximate surface area is 236 Å². The van der Waals surface area contributed by atoms with Crippen LogP contribution in [0, 0.1) is 0 Å². The van der Waals surface area contributed by atoms with Crippen molar-refractivity contribution in [2.75, 3.05) is 6.54 Å². The number of pyridine rings is 1. The molecule has 2 aromatic carbocycles. The molecule has 0 spiro atoms. The van der Waals surface area contributed by atoms with Crippen LogP contribution in [0.25, 0.3) is 10.8 Å². The Morgan fingerprint density at radius 3 is 2.27 bits per heavy atom. The highest BCUT2D eigenvalue weighted by molar-refractivity contribution is 7.89. The molecule has 2 N–H and O–H groups in total. The van der Waals surface area contributed by atoms with Crippen molar-refractivity contribution in [1.82, 2.24) is 15.0 Å². The molecule has 1 unspecified atom stereocenters. The number of halogens is 3. The molecule has 1 heterocycles. The summed E-state index contributed by atoms with van der Waals surface area (Å²) in [5.41, 5.74) is -5.57. The smallest absolute Gasteiger partial charge is 0.459 e. The molecule has 0 saturated heterocycles. The minimum atomic E-state index is -6.04. The van der Waals surface area contributed by atoms with Crippen molar-refractivity contribution in [3.63, 3.8) is 0 Å². The summed E-state index contributed by atoms with van der Waals surface area (Å²) in [5.74, 6) is -1.50. The average Bonchev–Trinajstić information content (AvgIpc) is 2.85. The molecule has 41 heavy (non-hydrogen) atoms. The molecular weight excluding hydrogens is 587 g/mol. The van der Waals surface area contributed by atoms with Gasteiger partial charge in [-0.2, -0.15) is 21.6 Å². The van der Waals surface area contributed by atoms with Crippen LogP contribution >= 0.6 is 0 Å². The summed E-state index contributed by atoms with van der Waals surface area (Å²) in [4.78, 5) is 16.3. The zero-order valence-corrected chi connectivity index (χ0v) is 24.2. The first-order valence-electron chi connectivity index (χ1n) is 12.3. The lowest BCUT2D eigenvalue weighted by Gasteiger charge is -2.28. The molecule has 224 valence electrons. The molecule has 2 atom stereocenters. The summed E-state index contributed by atoms with van der Waals surface area (Å²) in [6.45, 7) is 6.78. The fraction of sp³-hybridized carbons (Fsp3) is 0.385. The number of rotatable bonds is 11. The average molecular weight is 618 g/mol. The van der Waals surface area contributed by atoms with Crippen LogP contribution in [0.1, 0.15) is 33.3 Å². The minimum absolute atomic E-state index is 0.126. The largest absolute Gasteiger partial charge is 0.534 e. The maximum atomic E-state index is 13.3. The summed E-state index contributed by atoms with van der Waals surface area (Å²) in [6, 6.07) is 10.6. The molecule has 3 aromatic rings. The van der Waals surface area contributed by atoms with Gasteiger partial charge >= 0.3 is 21.6 Å². The normalized spacial score (nSPS) is 14.4. The van der Waals surface area contributed by atoms with Crippen molar-refractivity contribution in [1.29, 1.82) is 0 Å². The van der Waals surface area contributed by atoms with Crippen molar-refractivity contribution in [2.24, 2.45) is 0 Å². The first-order chi connectivity index (χ1) is 18.9. The van der Waals surface area contributed by atoms with Gasteiger partial charge in [0.2, 0.25) is 10.0 Å². The highest BCUT2D eigenvalue weighted by Gasteiger charge is 2.48. The predicted octanol–water partition coefficient (Wildman–Crippen LogP) is 3.67. The van der Waals surface area contributed by atoms with E-state index in [1.54, 1.807) is 20.8 Å². The monoisotopic (exact) mass is 617 g/mol. The van der Waals surface area contributed by atoms with E-state index in [1.807, 2.05) is 30.3 Å². The van der Waals surface area contributed by atoms with Crippen LogP contribution in [0.4, 0.5) is 13.2 Å². The van der Waals surface area contributed by atoms with Crippen molar-refractivity contribution >= 4 is 36.9 Å². The number of nitrogens with one attached hydrogen (secondary N) is 2. The number of esters is 1. The molecule has 0 radical (unpaired) electrons. The minimum Gasteiger partial charge on any atom is -0.459 e. The molecule has 0 fully saturated rings. The van der Waals surface area contributed by atoms with Gasteiger partial charge in [0, 0.05) is 29.6 Å². The Hall–Kier alpha value is -3.27. The lowest BCUT2D eigenvalue weighted by atomic mass is 10.1. The van der Waals surface area contributed by atoms with E-state index in [-0.39, 0.29) is 10.8 Å². The highest BCUT2D eigenvalue weighted by atomic mass is 32.2. The van der Waals surface area contributed by atoms with Gasteiger partial charge in [0.25, 0.3) is 0 Å². The Kier molecular flexibility index (Phi) is 9.68. The lowest BCUT2D eigenvalue weighted by Crippen LogP contribution is -2.54. The van der Waals surface area contributed by atoms with Crippen molar-refractivity contribution in [2.45, 2.75) is 62.2 Å². The number of nitrogens with zero attached hydrogens (tertiary/aromatic N) is 1. The molecule has 10 nitrogen and oxygen atoms in total. The van der Waals surface area contributed by atoms with Gasteiger partial charge in [-0.25, -0.2) is 13.1 Å². The van der Waals surface area contributed by atoms with E-state index >= 15 is 0 Å². The molecule has 0 saturated carbocycles. The fourth-order valence-corrected chi connectivity index (χ4v) is 5.49. The molecule has 0 aliphatic carbocycles. The third-order valence-electron chi connectivity index (χ3n) is 5.61. The van der Waals surface area contributed by atoms with Gasteiger partial charge in [-0.1, -0.05) is 36.4 Å². The van der Waals surface area contributed by atoms with Crippen LogP contribution in [-0.2, 0) is 36.1 Å². The summed E-state index contributed by atoms with van der Waals surface area (Å²) in [7, 11) is -10.4. The second-order valence-electron chi connectivity index (χ2n) is 10.1. The number of ether oxygens (including phenoxy) is 1. The van der Waals surface area contributed by atoms with E-state index in [9.17, 15) is 34.8 Å². The fourth-order valence-electron chi connectivity index (χ4n) is 3.74. The summed E-state index contributed by atoms with van der Waals surface area (Å²) < 4.78 is 100. The maximum Gasteiger partial charge on any atom is 0.534 e. The van der Waals surface area contributed by atoms with Crippen LogP contribution in [0.5, 0.6) is 5.75 Å². The third kappa shape index (κ3) is 8.61. The van der Waals surface area contributed by atoms with E-state index in [2.05, 4.69) is 19.2 Å². The standard InChI is InChI=1S/C26H30F3N3O7S2/c1-17(23(24(33)38-25(2,3)4)31-13-12-18-8-6-5-7-9-18)32-40(34,35)20-11-10-19-15-30-16-22(21(19)14-20)39-41(36,37)26(27,28)29/h5-11,14-17,23,31-32H,12-13H2,1-4H3/t17-,23?/m1/s1. The molecule has 0 aliphatic heterocycles. The van der Waals surface area contributed by atoms with Crippen molar-refractivity contribution in [3.8, 4) is 5.75 Å². The first-order valence-corrected chi connectivity index (χ1v) is 15.2. The molecule has 3 rings (SSSR count). The van der Waals surface area contributed by atoms with E-state index in [4.69, 9.17) is 4.74 Å². The van der Waals surface area contributed by atoms with Crippen LogP contribution in [-0.4, -0.2) is 57.5 Å². The molecule has 0 amide bonds. The molecule has 1 aromatic heterocycles. The van der Waals surface area contributed by atoms with Crippen LogP contribution in [0.15, 0.2) is 65.8 Å². The second kappa shape index (κ2) is 12.3. The summed E-state index contributed by atoms with van der Waals surface area (Å²) in [5, 5.41) is 2.92. The lowest BCUT2D eigenvalue weighted by molar-refractivity contribution is -0.158. The van der Waals surface area contributed by atoms with Gasteiger partial charge in [-0.15, -0.1) is 0 Å². The van der Waals surface area contributed by atoms with Crippen LogP contribution < -0.4 is 14.2 Å². The quantitative estimate of drug-likeness (QED) is 0.187. The first kappa shape index (κ1) is 32.2. The van der Waals surface area contributed by atoms with Crippen molar-refractivity contribution < 1.29 is 43.7 Å². The van der Waals surface area contributed by atoms with Crippen LogP contribution in [0.2, 0.25) is 0 Å². The Bertz CT molecular complexity index is 1590. The van der Waals surface area contributed by atoms with Gasteiger partial charge in [0.1, 0.15) is 11.6 Å². The zero-order chi connectivity index (χ0) is 30.6. The van der Waals surface area contributed by atoms with Crippen molar-refractivity contribution in [3.05, 3.63) is 66.5 Å². The third-order valence-corrected chi connectivity index (χ3v) is 8.13. The highest BCUT2D eigenvalue weighted by Crippen LogP contribution is 2.32. The summed E-state index contributed by atoms with van der Waals surface area (Å²) in [6.07, 6.45) is 2.47. The number of fused-ring (bicyclic) bond motifs is 1. The van der Waals surface area contributed by atoms with E-state index in [0.717, 1.165) is 23.9 Å². The number of alkyl halides is 3. The van der Waals surface area contributed by atoms with E-state index in [0.29, 0.717) is 13.0 Å². The molecule has 0 bridgehead atoms. The number of aromatic nitrogens is 1. The van der Waals surface area contributed by atoms with Gasteiger partial charge in [0.05, 0.1) is 11.1 Å². The summed E-state index contributed by atoms with van der Waals surface area (Å²) >= 11 is 0. The van der Waals surface area contributed by atoms with Gasteiger partial charge in [0.15, 0.2) is 5.75 Å². The number of hydrogen-bond donors (Lipinski definition) is 2. The number of carbonyl (C=O) groups excluding carboxylic acids is 1. The molecular formula is C26H30F3N3O7S2. The second-order valence-corrected chi connectivity index (χ2v) is 13.4. The number of hydrogen-bond acceptors (Lipinski definition) is 9. The molecule has 0 aliphatic rings. The number of carbonyl (C=O) groups is 1.